The van der Waals surface area contributed by atoms with E-state index in [1.54, 1.807) is 18.4 Å². The van der Waals surface area contributed by atoms with Crippen LogP contribution in [-0.2, 0) is 4.74 Å². The Labute approximate surface area is 95.8 Å². The van der Waals surface area contributed by atoms with Crippen LogP contribution >= 0.6 is 11.3 Å². The van der Waals surface area contributed by atoms with Gasteiger partial charge in [-0.1, -0.05) is 0 Å². The number of hydrogen-bond donors (Lipinski definition) is 1. The fourth-order valence-electron chi connectivity index (χ4n) is 1.60. The third-order valence-corrected chi connectivity index (χ3v) is 3.73. The van der Waals surface area contributed by atoms with E-state index in [0.717, 1.165) is 13.2 Å². The summed E-state index contributed by atoms with van der Waals surface area (Å²) in [7, 11) is 3.82. The Morgan fingerprint density at radius 1 is 1.60 bits per heavy atom. The maximum Gasteiger partial charge on any atom is 0.0589 e. The zero-order valence-electron chi connectivity index (χ0n) is 9.69. The van der Waals surface area contributed by atoms with Crippen LogP contribution in [0.25, 0.3) is 0 Å². The summed E-state index contributed by atoms with van der Waals surface area (Å²) in [6.07, 6.45) is 0. The molecule has 4 heteroatoms. The van der Waals surface area contributed by atoms with Crippen molar-refractivity contribution in [2.45, 2.75) is 13.0 Å². The predicted molar refractivity (Wildman–Crippen MR) is 65.4 cm³/mol. The Balaban J connectivity index is 2.67. The Bertz CT molecular complexity index is 288. The van der Waals surface area contributed by atoms with Gasteiger partial charge in [0.1, 0.15) is 0 Å². The van der Waals surface area contributed by atoms with E-state index in [4.69, 9.17) is 10.5 Å². The maximum atomic E-state index is 5.83. The van der Waals surface area contributed by atoms with E-state index in [0.29, 0.717) is 12.6 Å². The number of nitrogens with zero attached hydrogens (tertiary/aromatic N) is 1. The van der Waals surface area contributed by atoms with E-state index < -0.39 is 0 Å². The Morgan fingerprint density at radius 3 is 2.80 bits per heavy atom. The van der Waals surface area contributed by atoms with Crippen molar-refractivity contribution in [1.82, 2.24) is 4.90 Å². The normalized spacial score (nSPS) is 13.4. The van der Waals surface area contributed by atoms with Gasteiger partial charge in [-0.25, -0.2) is 0 Å². The van der Waals surface area contributed by atoms with Crippen molar-refractivity contribution in [2.75, 3.05) is 33.9 Å². The highest BCUT2D eigenvalue weighted by atomic mass is 32.1. The predicted octanol–water partition coefficient (Wildman–Crippen LogP) is 1.63. The van der Waals surface area contributed by atoms with Crippen molar-refractivity contribution in [3.05, 3.63) is 21.9 Å². The number of aryl methyl sites for hydroxylation is 1. The fourth-order valence-corrected chi connectivity index (χ4v) is 2.71. The molecule has 0 spiro atoms. The molecule has 1 aromatic rings. The van der Waals surface area contributed by atoms with E-state index in [2.05, 4.69) is 30.3 Å². The van der Waals surface area contributed by atoms with Crippen LogP contribution in [0.15, 0.2) is 11.4 Å². The molecule has 1 unspecified atom stereocenters. The standard InChI is InChI=1S/C11H20N2OS/c1-9-4-7-15-11(9)10(8-12)13(2)5-6-14-3/h4,7,10H,5-6,8,12H2,1-3H3. The van der Waals surface area contributed by atoms with E-state index in [1.165, 1.54) is 10.4 Å². The summed E-state index contributed by atoms with van der Waals surface area (Å²) >= 11 is 1.78. The number of thiophene rings is 1. The Kier molecular flexibility index (Phi) is 5.25. The lowest BCUT2D eigenvalue weighted by Gasteiger charge is -2.26. The van der Waals surface area contributed by atoms with Crippen molar-refractivity contribution in [1.29, 1.82) is 0 Å². The molecule has 0 saturated carbocycles. The van der Waals surface area contributed by atoms with Gasteiger partial charge in [-0.15, -0.1) is 11.3 Å². The van der Waals surface area contributed by atoms with Gasteiger partial charge in [-0.2, -0.15) is 0 Å². The molecular weight excluding hydrogens is 208 g/mol. The molecule has 0 amide bonds. The van der Waals surface area contributed by atoms with Crippen LogP contribution in [0.3, 0.4) is 0 Å². The summed E-state index contributed by atoms with van der Waals surface area (Å²) in [5.74, 6) is 0. The first-order valence-electron chi connectivity index (χ1n) is 5.14. The summed E-state index contributed by atoms with van der Waals surface area (Å²) < 4.78 is 5.08. The molecule has 1 heterocycles. The first-order chi connectivity index (χ1) is 7.20. The molecule has 0 bridgehead atoms. The van der Waals surface area contributed by atoms with Gasteiger partial charge in [0.05, 0.1) is 12.6 Å². The van der Waals surface area contributed by atoms with Crippen LogP contribution in [0.4, 0.5) is 0 Å². The number of methoxy groups -OCH3 is 1. The first-order valence-corrected chi connectivity index (χ1v) is 6.02. The van der Waals surface area contributed by atoms with Gasteiger partial charge in [-0.3, -0.25) is 4.90 Å². The van der Waals surface area contributed by atoms with Gasteiger partial charge < -0.3 is 10.5 Å². The minimum Gasteiger partial charge on any atom is -0.383 e. The molecule has 0 saturated heterocycles. The Hall–Kier alpha value is -0.420. The minimum absolute atomic E-state index is 0.320. The number of rotatable bonds is 6. The van der Waals surface area contributed by atoms with Gasteiger partial charge >= 0.3 is 0 Å². The van der Waals surface area contributed by atoms with Crippen LogP contribution in [0.2, 0.25) is 0 Å². The molecule has 0 aliphatic heterocycles. The van der Waals surface area contributed by atoms with Gasteiger partial charge in [0.25, 0.3) is 0 Å². The van der Waals surface area contributed by atoms with E-state index in [1.807, 2.05) is 0 Å². The molecule has 1 rings (SSSR count). The average molecular weight is 228 g/mol. The SMILES string of the molecule is COCCN(C)C(CN)c1sccc1C. The smallest absolute Gasteiger partial charge is 0.0589 e. The quantitative estimate of drug-likeness (QED) is 0.804. The minimum atomic E-state index is 0.320. The molecule has 0 aromatic carbocycles. The second-order valence-electron chi connectivity index (χ2n) is 3.69. The molecule has 15 heavy (non-hydrogen) atoms. The van der Waals surface area contributed by atoms with Gasteiger partial charge in [0, 0.05) is 25.1 Å². The first kappa shape index (κ1) is 12.6. The molecule has 0 aliphatic carbocycles. The lowest BCUT2D eigenvalue weighted by atomic mass is 10.1. The zero-order valence-corrected chi connectivity index (χ0v) is 10.5. The van der Waals surface area contributed by atoms with Crippen molar-refractivity contribution in [2.24, 2.45) is 5.73 Å². The van der Waals surface area contributed by atoms with Crippen molar-refractivity contribution < 1.29 is 4.74 Å². The van der Waals surface area contributed by atoms with Crippen LogP contribution in [0.1, 0.15) is 16.5 Å². The molecule has 86 valence electrons. The topological polar surface area (TPSA) is 38.5 Å². The number of hydrogen-bond acceptors (Lipinski definition) is 4. The van der Waals surface area contributed by atoms with Gasteiger partial charge in [-0.05, 0) is 31.0 Å². The summed E-state index contributed by atoms with van der Waals surface area (Å²) in [5, 5.41) is 2.12. The summed E-state index contributed by atoms with van der Waals surface area (Å²) in [6, 6.07) is 2.47. The Morgan fingerprint density at radius 2 is 2.33 bits per heavy atom. The highest BCUT2D eigenvalue weighted by Gasteiger charge is 2.17. The largest absolute Gasteiger partial charge is 0.383 e. The van der Waals surface area contributed by atoms with Crippen LogP contribution in [-0.4, -0.2) is 38.8 Å². The van der Waals surface area contributed by atoms with Gasteiger partial charge in [0.15, 0.2) is 0 Å². The molecule has 1 aromatic heterocycles. The second-order valence-corrected chi connectivity index (χ2v) is 4.64. The highest BCUT2D eigenvalue weighted by molar-refractivity contribution is 7.10. The highest BCUT2D eigenvalue weighted by Crippen LogP contribution is 2.26. The number of nitrogens with two attached hydrogens (primary N) is 1. The zero-order chi connectivity index (χ0) is 11.3. The fraction of sp³-hybridized carbons (Fsp3) is 0.636. The number of likely N-dealkylation sites (N-methyl/N-ethyl adjacent to an activating group) is 1. The molecule has 0 aliphatic rings. The van der Waals surface area contributed by atoms with E-state index >= 15 is 0 Å². The monoisotopic (exact) mass is 228 g/mol. The van der Waals surface area contributed by atoms with Gasteiger partial charge in [0.2, 0.25) is 0 Å². The van der Waals surface area contributed by atoms with Crippen molar-refractivity contribution in [3.8, 4) is 0 Å². The maximum absolute atomic E-state index is 5.83. The molecule has 3 nitrogen and oxygen atoms in total. The van der Waals surface area contributed by atoms with Crippen LogP contribution in [0.5, 0.6) is 0 Å². The molecule has 0 fully saturated rings. The van der Waals surface area contributed by atoms with Crippen molar-refractivity contribution in [3.63, 3.8) is 0 Å². The van der Waals surface area contributed by atoms with Crippen LogP contribution in [0, 0.1) is 6.92 Å². The summed E-state index contributed by atoms with van der Waals surface area (Å²) in [4.78, 5) is 3.62. The second kappa shape index (κ2) is 6.23. The average Bonchev–Trinajstić information content (AvgIpc) is 2.63. The third kappa shape index (κ3) is 3.28. The molecule has 1 atom stereocenters. The lowest BCUT2D eigenvalue weighted by molar-refractivity contribution is 0.141. The lowest BCUT2D eigenvalue weighted by Crippen LogP contribution is -2.32. The van der Waals surface area contributed by atoms with E-state index in [-0.39, 0.29) is 0 Å². The van der Waals surface area contributed by atoms with E-state index in [9.17, 15) is 0 Å². The summed E-state index contributed by atoms with van der Waals surface area (Å²) in [6.45, 7) is 4.45. The summed E-state index contributed by atoms with van der Waals surface area (Å²) in [5.41, 5.74) is 7.16. The van der Waals surface area contributed by atoms with Crippen molar-refractivity contribution >= 4 is 11.3 Å². The molecular formula is C11H20N2OS. The molecule has 0 radical (unpaired) electrons. The molecule has 2 N–H and O–H groups in total. The number of ether oxygens (including phenoxy) is 1. The third-order valence-electron chi connectivity index (χ3n) is 2.61. The van der Waals surface area contributed by atoms with Crippen LogP contribution < -0.4 is 5.73 Å².